The van der Waals surface area contributed by atoms with E-state index in [1.165, 1.54) is 0 Å². The van der Waals surface area contributed by atoms with E-state index >= 15 is 0 Å². The Labute approximate surface area is 145 Å². The summed E-state index contributed by atoms with van der Waals surface area (Å²) in [6.07, 6.45) is 0.418. The predicted octanol–water partition coefficient (Wildman–Crippen LogP) is 2.25. The molecule has 3 rings (SSSR count). The molecule has 6 heteroatoms. The first-order chi connectivity index (χ1) is 12.2. The fourth-order valence-electron chi connectivity index (χ4n) is 3.02. The molecule has 0 saturated carbocycles. The third kappa shape index (κ3) is 3.34. The number of carbonyl (C=O) groups excluding carboxylic acids is 2. The molecule has 1 aromatic heterocycles. The molecule has 130 valence electrons. The number of hydrogen-bond acceptors (Lipinski definition) is 3. The molecule has 1 heterocycles. The van der Waals surface area contributed by atoms with Crippen LogP contribution < -0.4 is 10.6 Å². The lowest BCUT2D eigenvalue weighted by atomic mass is 10.1. The quantitative estimate of drug-likeness (QED) is 0.492. The Morgan fingerprint density at radius 3 is 2.56 bits per heavy atom. The van der Waals surface area contributed by atoms with Gasteiger partial charge in [-0.25, -0.2) is 0 Å². The average Bonchev–Trinajstić information content (AvgIpc) is 2.95. The van der Waals surface area contributed by atoms with Gasteiger partial charge in [0.15, 0.2) is 0 Å². The summed E-state index contributed by atoms with van der Waals surface area (Å²) < 4.78 is 2.22. The predicted molar refractivity (Wildman–Crippen MR) is 98.5 cm³/mol. The van der Waals surface area contributed by atoms with Crippen molar-refractivity contribution in [1.29, 1.82) is 0 Å². The summed E-state index contributed by atoms with van der Waals surface area (Å²) in [5.41, 5.74) is 2.81. The van der Waals surface area contributed by atoms with Crippen LogP contribution >= 0.6 is 0 Å². The number of amides is 2. The highest BCUT2D eigenvalue weighted by Crippen LogP contribution is 2.30. The Morgan fingerprint density at radius 2 is 1.80 bits per heavy atom. The fraction of sp³-hybridized carbons (Fsp3) is 0.263. The number of para-hydroxylation sites is 1. The van der Waals surface area contributed by atoms with E-state index in [0.29, 0.717) is 12.1 Å². The lowest BCUT2D eigenvalue weighted by Crippen LogP contribution is -2.36. The van der Waals surface area contributed by atoms with Crippen LogP contribution in [0.5, 0.6) is 0 Å². The van der Waals surface area contributed by atoms with E-state index in [0.717, 1.165) is 28.4 Å². The normalized spacial score (nSPS) is 11.0. The summed E-state index contributed by atoms with van der Waals surface area (Å²) in [4.78, 5) is 23.7. The number of aliphatic hydroxyl groups excluding tert-OH is 1. The molecule has 0 aliphatic heterocycles. The van der Waals surface area contributed by atoms with Crippen LogP contribution in [-0.2, 0) is 16.1 Å². The number of rotatable bonds is 5. The first-order valence-corrected chi connectivity index (χ1v) is 8.36. The van der Waals surface area contributed by atoms with Gasteiger partial charge < -0.3 is 20.3 Å². The number of aromatic nitrogens is 1. The first kappa shape index (κ1) is 17.0. The van der Waals surface area contributed by atoms with E-state index in [4.69, 9.17) is 5.11 Å². The van der Waals surface area contributed by atoms with Crippen LogP contribution in [0.15, 0.2) is 42.5 Å². The van der Waals surface area contributed by atoms with Gasteiger partial charge in [0.2, 0.25) is 0 Å². The van der Waals surface area contributed by atoms with Crippen LogP contribution in [0.4, 0.5) is 5.69 Å². The van der Waals surface area contributed by atoms with Crippen molar-refractivity contribution in [3.8, 4) is 0 Å². The number of aliphatic hydroxyl groups is 1. The molecule has 2 amide bonds. The van der Waals surface area contributed by atoms with Crippen LogP contribution in [0.1, 0.15) is 13.3 Å². The largest absolute Gasteiger partial charge is 0.396 e. The summed E-state index contributed by atoms with van der Waals surface area (Å²) in [7, 11) is 0. The van der Waals surface area contributed by atoms with Crippen LogP contribution in [-0.4, -0.2) is 34.6 Å². The molecule has 0 atom stereocenters. The van der Waals surface area contributed by atoms with Crippen molar-refractivity contribution in [2.24, 2.45) is 0 Å². The maximum absolute atomic E-state index is 12.0. The molecule has 0 saturated heterocycles. The zero-order valence-electron chi connectivity index (χ0n) is 14.1. The molecule has 3 aromatic rings. The van der Waals surface area contributed by atoms with Gasteiger partial charge in [-0.1, -0.05) is 18.2 Å². The van der Waals surface area contributed by atoms with E-state index < -0.39 is 11.8 Å². The summed E-state index contributed by atoms with van der Waals surface area (Å²) in [6, 6.07) is 13.8. The standard InChI is InChI=1S/C19H21N3O3/c1-2-22-16-7-4-3-6-14(16)15-12-13(8-9-17(15)22)21-19(25)18(24)20-10-5-11-23/h3-4,6-9,12,23H,2,5,10-11H2,1H3,(H,20,24)(H,21,25). The minimum absolute atomic E-state index is 0.0277. The van der Waals surface area contributed by atoms with Gasteiger partial charge in [0.25, 0.3) is 0 Å². The highest BCUT2D eigenvalue weighted by molar-refractivity contribution is 6.39. The van der Waals surface area contributed by atoms with E-state index in [9.17, 15) is 9.59 Å². The van der Waals surface area contributed by atoms with Gasteiger partial charge in [-0.3, -0.25) is 9.59 Å². The summed E-state index contributed by atoms with van der Waals surface area (Å²) in [5, 5.41) is 16.0. The van der Waals surface area contributed by atoms with Gasteiger partial charge in [0, 0.05) is 47.2 Å². The van der Waals surface area contributed by atoms with Crippen molar-refractivity contribution in [3.63, 3.8) is 0 Å². The van der Waals surface area contributed by atoms with Gasteiger partial charge in [-0.15, -0.1) is 0 Å². The Bertz CT molecular complexity index is 930. The molecule has 0 aliphatic rings. The zero-order chi connectivity index (χ0) is 17.8. The molecule has 0 bridgehead atoms. The SMILES string of the molecule is CCn1c2ccccc2c2cc(NC(=O)C(=O)NCCCO)ccc21. The van der Waals surface area contributed by atoms with Crippen LogP contribution in [0.25, 0.3) is 21.8 Å². The summed E-state index contributed by atoms with van der Waals surface area (Å²) >= 11 is 0. The monoisotopic (exact) mass is 339 g/mol. The van der Waals surface area contributed by atoms with Gasteiger partial charge in [0.05, 0.1) is 0 Å². The molecular weight excluding hydrogens is 318 g/mol. The van der Waals surface area contributed by atoms with Crippen molar-refractivity contribution in [1.82, 2.24) is 9.88 Å². The minimum Gasteiger partial charge on any atom is -0.396 e. The third-order valence-corrected chi connectivity index (χ3v) is 4.17. The van der Waals surface area contributed by atoms with Crippen LogP contribution in [0.3, 0.4) is 0 Å². The van der Waals surface area contributed by atoms with Crippen LogP contribution in [0, 0.1) is 0 Å². The molecule has 0 spiro atoms. The van der Waals surface area contributed by atoms with Crippen molar-refractivity contribution >= 4 is 39.3 Å². The number of anilines is 1. The number of fused-ring (bicyclic) bond motifs is 3. The molecule has 0 unspecified atom stereocenters. The van der Waals surface area contributed by atoms with Gasteiger partial charge in [-0.05, 0) is 37.6 Å². The number of nitrogens with zero attached hydrogens (tertiary/aromatic N) is 1. The van der Waals surface area contributed by atoms with Crippen LogP contribution in [0.2, 0.25) is 0 Å². The second kappa shape index (κ2) is 7.36. The number of nitrogens with one attached hydrogen (secondary N) is 2. The van der Waals surface area contributed by atoms with Crippen molar-refractivity contribution in [2.75, 3.05) is 18.5 Å². The second-order valence-electron chi connectivity index (χ2n) is 5.78. The number of aryl methyl sites for hydroxylation is 1. The zero-order valence-corrected chi connectivity index (χ0v) is 14.1. The van der Waals surface area contributed by atoms with Crippen molar-refractivity contribution in [2.45, 2.75) is 19.9 Å². The average molecular weight is 339 g/mol. The molecule has 25 heavy (non-hydrogen) atoms. The Kier molecular flexibility index (Phi) is 5.00. The smallest absolute Gasteiger partial charge is 0.313 e. The van der Waals surface area contributed by atoms with Gasteiger partial charge in [0.1, 0.15) is 0 Å². The highest BCUT2D eigenvalue weighted by atomic mass is 16.3. The molecule has 0 radical (unpaired) electrons. The Hall–Kier alpha value is -2.86. The van der Waals surface area contributed by atoms with E-state index in [1.807, 2.05) is 24.3 Å². The number of benzene rings is 2. The summed E-state index contributed by atoms with van der Waals surface area (Å²) in [5.74, 6) is -1.42. The lowest BCUT2D eigenvalue weighted by molar-refractivity contribution is -0.136. The maximum Gasteiger partial charge on any atom is 0.313 e. The minimum atomic E-state index is -0.712. The molecule has 3 N–H and O–H groups in total. The van der Waals surface area contributed by atoms with Crippen molar-refractivity contribution in [3.05, 3.63) is 42.5 Å². The van der Waals surface area contributed by atoms with Crippen molar-refractivity contribution < 1.29 is 14.7 Å². The molecule has 2 aromatic carbocycles. The second-order valence-corrected chi connectivity index (χ2v) is 5.78. The summed E-state index contributed by atoms with van der Waals surface area (Å²) in [6.45, 7) is 3.19. The number of hydrogen-bond donors (Lipinski definition) is 3. The van der Waals surface area contributed by atoms with E-state index in [-0.39, 0.29) is 13.2 Å². The fourth-order valence-corrected chi connectivity index (χ4v) is 3.02. The molecule has 0 fully saturated rings. The number of carbonyl (C=O) groups is 2. The highest BCUT2D eigenvalue weighted by Gasteiger charge is 2.14. The lowest BCUT2D eigenvalue weighted by Gasteiger charge is -2.07. The van der Waals surface area contributed by atoms with E-state index in [2.05, 4.69) is 34.3 Å². The molecule has 0 aliphatic carbocycles. The van der Waals surface area contributed by atoms with Gasteiger partial charge >= 0.3 is 11.8 Å². The van der Waals surface area contributed by atoms with Gasteiger partial charge in [-0.2, -0.15) is 0 Å². The first-order valence-electron chi connectivity index (χ1n) is 8.36. The Morgan fingerprint density at radius 1 is 1.04 bits per heavy atom. The topological polar surface area (TPSA) is 83.4 Å². The molecular formula is C19H21N3O3. The molecule has 6 nitrogen and oxygen atoms in total. The Balaban J connectivity index is 1.87. The maximum atomic E-state index is 12.0. The van der Waals surface area contributed by atoms with E-state index in [1.54, 1.807) is 6.07 Å². The third-order valence-electron chi connectivity index (χ3n) is 4.17.